The van der Waals surface area contributed by atoms with Gasteiger partial charge in [-0.1, -0.05) is 33.1 Å². The van der Waals surface area contributed by atoms with Crippen LogP contribution in [0.25, 0.3) is 0 Å². The van der Waals surface area contributed by atoms with Gasteiger partial charge < -0.3 is 9.64 Å². The summed E-state index contributed by atoms with van der Waals surface area (Å²) in [6.45, 7) is 5.34. The van der Waals surface area contributed by atoms with E-state index >= 15 is 0 Å². The van der Waals surface area contributed by atoms with Crippen molar-refractivity contribution in [2.75, 3.05) is 25.6 Å². The van der Waals surface area contributed by atoms with Gasteiger partial charge in [-0.25, -0.2) is 0 Å². The summed E-state index contributed by atoms with van der Waals surface area (Å²) in [6, 6.07) is 8.31. The van der Waals surface area contributed by atoms with Crippen LogP contribution in [0.3, 0.4) is 0 Å². The van der Waals surface area contributed by atoms with Crippen LogP contribution >= 0.6 is 0 Å². The maximum Gasteiger partial charge on any atom is 0.119 e. The zero-order chi connectivity index (χ0) is 13.4. The van der Waals surface area contributed by atoms with Crippen LogP contribution in [-0.4, -0.2) is 20.7 Å². The Morgan fingerprint density at radius 3 is 2.28 bits per heavy atom. The van der Waals surface area contributed by atoms with Crippen LogP contribution < -0.4 is 9.64 Å². The van der Waals surface area contributed by atoms with Crippen molar-refractivity contribution in [2.24, 2.45) is 5.92 Å². The van der Waals surface area contributed by atoms with E-state index in [0.717, 1.165) is 12.4 Å². The Bertz CT molecular complexity index is 318. The van der Waals surface area contributed by atoms with E-state index in [9.17, 15) is 0 Å². The van der Waals surface area contributed by atoms with Gasteiger partial charge in [-0.05, 0) is 36.6 Å². The molecule has 0 spiro atoms. The molecule has 0 heterocycles. The van der Waals surface area contributed by atoms with Crippen molar-refractivity contribution in [3.63, 3.8) is 0 Å². The lowest BCUT2D eigenvalue weighted by Crippen LogP contribution is -2.11. The zero-order valence-electron chi connectivity index (χ0n) is 12.3. The number of unbranched alkanes of at least 4 members (excludes halogenated alkanes) is 1. The average molecular weight is 249 g/mol. The highest BCUT2D eigenvalue weighted by atomic mass is 16.5. The second kappa shape index (κ2) is 8.02. The standard InChI is InChI=1S/C16H27NO/c1-5-7-8-14(6-2)13-18-16-11-9-15(10-12-16)17(3)4/h9-12,14H,5-8,13H2,1-4H3. The van der Waals surface area contributed by atoms with Crippen LogP contribution in [0.2, 0.25) is 0 Å². The lowest BCUT2D eigenvalue weighted by Gasteiger charge is -2.17. The van der Waals surface area contributed by atoms with Gasteiger partial charge in [0.15, 0.2) is 0 Å². The van der Waals surface area contributed by atoms with Crippen molar-refractivity contribution in [2.45, 2.75) is 39.5 Å². The SMILES string of the molecule is CCCCC(CC)COc1ccc(N(C)C)cc1. The molecule has 0 fully saturated rings. The molecule has 18 heavy (non-hydrogen) atoms. The van der Waals surface area contributed by atoms with E-state index in [-0.39, 0.29) is 0 Å². The molecular weight excluding hydrogens is 222 g/mol. The number of ether oxygens (including phenoxy) is 1. The lowest BCUT2D eigenvalue weighted by molar-refractivity contribution is 0.233. The lowest BCUT2D eigenvalue weighted by atomic mass is 10.0. The topological polar surface area (TPSA) is 12.5 Å². The highest BCUT2D eigenvalue weighted by Gasteiger charge is 2.06. The van der Waals surface area contributed by atoms with Crippen LogP contribution in [0.5, 0.6) is 5.75 Å². The van der Waals surface area contributed by atoms with Crippen molar-refractivity contribution in [3.05, 3.63) is 24.3 Å². The minimum Gasteiger partial charge on any atom is -0.493 e. The maximum absolute atomic E-state index is 5.87. The largest absolute Gasteiger partial charge is 0.493 e. The summed E-state index contributed by atoms with van der Waals surface area (Å²) in [5.74, 6) is 1.68. The first kappa shape index (κ1) is 14.9. The number of benzene rings is 1. The molecule has 0 aliphatic carbocycles. The third-order valence-electron chi connectivity index (χ3n) is 3.38. The Morgan fingerprint density at radius 1 is 1.11 bits per heavy atom. The molecule has 0 bridgehead atoms. The molecule has 2 heteroatoms. The molecule has 0 aliphatic heterocycles. The molecule has 0 aliphatic rings. The Hall–Kier alpha value is -1.18. The smallest absolute Gasteiger partial charge is 0.119 e. The zero-order valence-corrected chi connectivity index (χ0v) is 12.3. The van der Waals surface area contributed by atoms with Gasteiger partial charge in [-0.3, -0.25) is 0 Å². The molecular formula is C16H27NO. The summed E-state index contributed by atoms with van der Waals surface area (Å²) in [5.41, 5.74) is 1.21. The van der Waals surface area contributed by atoms with E-state index in [2.05, 4.69) is 43.0 Å². The molecule has 1 aromatic rings. The number of anilines is 1. The van der Waals surface area contributed by atoms with Gasteiger partial charge in [0, 0.05) is 19.8 Å². The van der Waals surface area contributed by atoms with Crippen LogP contribution in [0.1, 0.15) is 39.5 Å². The molecule has 1 unspecified atom stereocenters. The molecule has 0 radical (unpaired) electrons. The molecule has 0 aromatic heterocycles. The minimum absolute atomic E-state index is 0.693. The Labute approximate surface area is 112 Å². The first-order chi connectivity index (χ1) is 8.67. The molecule has 1 atom stereocenters. The van der Waals surface area contributed by atoms with Crippen LogP contribution in [0.15, 0.2) is 24.3 Å². The van der Waals surface area contributed by atoms with Gasteiger partial charge in [0.2, 0.25) is 0 Å². The molecule has 1 rings (SSSR count). The second-order valence-corrected chi connectivity index (χ2v) is 5.12. The van der Waals surface area contributed by atoms with Crippen LogP contribution in [0.4, 0.5) is 5.69 Å². The Morgan fingerprint density at radius 2 is 1.78 bits per heavy atom. The Balaban J connectivity index is 2.42. The monoisotopic (exact) mass is 249 g/mol. The third kappa shape index (κ3) is 4.99. The highest BCUT2D eigenvalue weighted by molar-refractivity contribution is 5.47. The van der Waals surface area contributed by atoms with Gasteiger partial charge in [-0.15, -0.1) is 0 Å². The van der Waals surface area contributed by atoms with Crippen LogP contribution in [0, 0.1) is 5.92 Å². The van der Waals surface area contributed by atoms with E-state index in [0.29, 0.717) is 5.92 Å². The van der Waals surface area contributed by atoms with Crippen molar-refractivity contribution < 1.29 is 4.74 Å². The fourth-order valence-corrected chi connectivity index (χ4v) is 1.95. The van der Waals surface area contributed by atoms with E-state index in [4.69, 9.17) is 4.74 Å². The predicted octanol–water partition coefficient (Wildman–Crippen LogP) is 4.35. The molecule has 0 saturated heterocycles. The summed E-state index contributed by atoms with van der Waals surface area (Å²) >= 11 is 0. The molecule has 0 saturated carbocycles. The summed E-state index contributed by atoms with van der Waals surface area (Å²) < 4.78 is 5.87. The van der Waals surface area contributed by atoms with Crippen molar-refractivity contribution in [3.8, 4) is 5.75 Å². The molecule has 0 amide bonds. The summed E-state index contributed by atoms with van der Waals surface area (Å²) in [6.07, 6.45) is 5.06. The molecule has 1 aromatic carbocycles. The summed E-state index contributed by atoms with van der Waals surface area (Å²) in [7, 11) is 4.10. The fourth-order valence-electron chi connectivity index (χ4n) is 1.95. The van der Waals surface area contributed by atoms with Gasteiger partial charge >= 0.3 is 0 Å². The van der Waals surface area contributed by atoms with Gasteiger partial charge in [-0.2, -0.15) is 0 Å². The third-order valence-corrected chi connectivity index (χ3v) is 3.38. The first-order valence-corrected chi connectivity index (χ1v) is 7.07. The maximum atomic E-state index is 5.87. The predicted molar refractivity (Wildman–Crippen MR) is 79.6 cm³/mol. The van der Waals surface area contributed by atoms with E-state index < -0.39 is 0 Å². The Kier molecular flexibility index (Phi) is 6.63. The normalized spacial score (nSPS) is 12.2. The summed E-state index contributed by atoms with van der Waals surface area (Å²) in [4.78, 5) is 2.10. The molecule has 2 nitrogen and oxygen atoms in total. The number of hydrogen-bond donors (Lipinski definition) is 0. The minimum atomic E-state index is 0.693. The first-order valence-electron chi connectivity index (χ1n) is 7.07. The average Bonchev–Trinajstić information content (AvgIpc) is 2.39. The van der Waals surface area contributed by atoms with Crippen molar-refractivity contribution in [1.29, 1.82) is 0 Å². The molecule has 0 N–H and O–H groups in total. The van der Waals surface area contributed by atoms with Crippen molar-refractivity contribution >= 4 is 5.69 Å². The van der Waals surface area contributed by atoms with E-state index in [1.807, 2.05) is 14.1 Å². The van der Waals surface area contributed by atoms with Gasteiger partial charge in [0.05, 0.1) is 6.61 Å². The number of nitrogens with zero attached hydrogens (tertiary/aromatic N) is 1. The van der Waals surface area contributed by atoms with Crippen molar-refractivity contribution in [1.82, 2.24) is 0 Å². The van der Waals surface area contributed by atoms with Gasteiger partial charge in [0.25, 0.3) is 0 Å². The summed E-state index contributed by atoms with van der Waals surface area (Å²) in [5, 5.41) is 0. The number of hydrogen-bond acceptors (Lipinski definition) is 2. The van der Waals surface area contributed by atoms with Gasteiger partial charge in [0.1, 0.15) is 5.75 Å². The van der Waals surface area contributed by atoms with Crippen LogP contribution in [-0.2, 0) is 0 Å². The quantitative estimate of drug-likeness (QED) is 0.679. The van der Waals surface area contributed by atoms with E-state index in [1.165, 1.54) is 31.4 Å². The highest BCUT2D eigenvalue weighted by Crippen LogP contribution is 2.20. The second-order valence-electron chi connectivity index (χ2n) is 5.12. The van der Waals surface area contributed by atoms with E-state index in [1.54, 1.807) is 0 Å². The molecule has 102 valence electrons. The fraction of sp³-hybridized carbons (Fsp3) is 0.625. The number of rotatable bonds is 8.